The van der Waals surface area contributed by atoms with Gasteiger partial charge in [0.05, 0.1) is 18.5 Å². The van der Waals surface area contributed by atoms with Gasteiger partial charge < -0.3 is 15.4 Å². The standard InChI is InChI=1S/C19H21F3N4O3/c1-29-15-13-10(17(27)24-18(28)26(13)9-2-3-9)4-12(20)14(15)25-6-8-5-19(21,22)16(23)11(8)7-25/h4,8-9,11,16H,2-3,5-7,23H2,1H3,(H,24,27,28). The molecule has 0 radical (unpaired) electrons. The van der Waals surface area contributed by atoms with Crippen LogP contribution >= 0.6 is 0 Å². The number of nitrogens with one attached hydrogen (secondary N) is 1. The lowest BCUT2D eigenvalue weighted by molar-refractivity contribution is -0.0146. The number of nitrogens with two attached hydrogens (primary N) is 1. The molecule has 29 heavy (non-hydrogen) atoms. The highest BCUT2D eigenvalue weighted by molar-refractivity contribution is 5.91. The Labute approximate surface area is 163 Å². The first-order chi connectivity index (χ1) is 13.7. The number of methoxy groups -OCH3 is 1. The summed E-state index contributed by atoms with van der Waals surface area (Å²) in [4.78, 5) is 28.6. The highest BCUT2D eigenvalue weighted by atomic mass is 19.3. The van der Waals surface area contributed by atoms with E-state index in [0.717, 1.165) is 18.9 Å². The van der Waals surface area contributed by atoms with E-state index in [2.05, 4.69) is 4.98 Å². The molecule has 2 saturated carbocycles. The van der Waals surface area contributed by atoms with Gasteiger partial charge in [-0.3, -0.25) is 14.3 Å². The molecule has 0 bridgehead atoms. The van der Waals surface area contributed by atoms with Crippen LogP contribution in [0.3, 0.4) is 0 Å². The Bertz CT molecular complexity index is 1120. The summed E-state index contributed by atoms with van der Waals surface area (Å²) >= 11 is 0. The van der Waals surface area contributed by atoms with Crippen LogP contribution in [-0.2, 0) is 0 Å². The van der Waals surface area contributed by atoms with Crippen molar-refractivity contribution in [2.75, 3.05) is 25.1 Å². The Hall–Kier alpha value is -2.49. The van der Waals surface area contributed by atoms with Crippen LogP contribution in [0.1, 0.15) is 25.3 Å². The van der Waals surface area contributed by atoms with Crippen molar-refractivity contribution in [2.24, 2.45) is 17.6 Å². The number of hydrogen-bond acceptors (Lipinski definition) is 5. The molecule has 1 aromatic heterocycles. The van der Waals surface area contributed by atoms with Gasteiger partial charge in [-0.05, 0) is 24.8 Å². The topological polar surface area (TPSA) is 93.3 Å². The van der Waals surface area contributed by atoms with Crippen LogP contribution in [0.15, 0.2) is 15.7 Å². The summed E-state index contributed by atoms with van der Waals surface area (Å²) in [6.07, 6.45) is 1.21. The summed E-state index contributed by atoms with van der Waals surface area (Å²) < 4.78 is 50.0. The Kier molecular flexibility index (Phi) is 3.84. The molecular weight excluding hydrogens is 389 g/mol. The number of alkyl halides is 2. The minimum absolute atomic E-state index is 0.0252. The number of fused-ring (bicyclic) bond motifs is 2. The number of aromatic amines is 1. The predicted molar refractivity (Wildman–Crippen MR) is 100 cm³/mol. The maximum absolute atomic E-state index is 15.1. The van der Waals surface area contributed by atoms with E-state index in [9.17, 15) is 18.4 Å². The number of aromatic nitrogens is 2. The van der Waals surface area contributed by atoms with E-state index in [0.29, 0.717) is 0 Å². The summed E-state index contributed by atoms with van der Waals surface area (Å²) in [5, 5.41) is 0.0252. The third-order valence-corrected chi connectivity index (χ3v) is 6.51. The summed E-state index contributed by atoms with van der Waals surface area (Å²) in [7, 11) is 1.34. The van der Waals surface area contributed by atoms with Gasteiger partial charge in [-0.15, -0.1) is 0 Å². The first-order valence-electron chi connectivity index (χ1n) is 9.66. The smallest absolute Gasteiger partial charge is 0.329 e. The van der Waals surface area contributed by atoms with Crippen LogP contribution in [-0.4, -0.2) is 41.7 Å². The van der Waals surface area contributed by atoms with E-state index in [1.54, 1.807) is 4.90 Å². The van der Waals surface area contributed by atoms with Crippen molar-refractivity contribution in [1.29, 1.82) is 0 Å². The van der Waals surface area contributed by atoms with Crippen molar-refractivity contribution >= 4 is 16.6 Å². The average molecular weight is 410 g/mol. The van der Waals surface area contributed by atoms with Gasteiger partial charge in [-0.2, -0.15) is 0 Å². The highest BCUT2D eigenvalue weighted by Gasteiger charge is 2.57. The van der Waals surface area contributed by atoms with E-state index in [4.69, 9.17) is 10.5 Å². The summed E-state index contributed by atoms with van der Waals surface area (Å²) in [5.74, 6) is -4.36. The Balaban J connectivity index is 1.68. The zero-order valence-electron chi connectivity index (χ0n) is 15.8. The van der Waals surface area contributed by atoms with E-state index in [1.807, 2.05) is 0 Å². The Morgan fingerprint density at radius 3 is 2.62 bits per heavy atom. The SMILES string of the molecule is COc1c(N2CC3CC(F)(F)C(N)C3C2)c(F)cc2c(=O)[nH]c(=O)n(C3CC3)c12. The number of halogens is 3. The van der Waals surface area contributed by atoms with Crippen molar-refractivity contribution < 1.29 is 17.9 Å². The molecule has 3 fully saturated rings. The normalized spacial score (nSPS) is 28.2. The van der Waals surface area contributed by atoms with Crippen LogP contribution < -0.4 is 26.6 Å². The molecule has 1 aliphatic heterocycles. The molecule has 3 unspecified atom stereocenters. The molecule has 0 amide bonds. The molecule has 1 saturated heterocycles. The molecule has 3 atom stereocenters. The van der Waals surface area contributed by atoms with E-state index in [-0.39, 0.29) is 53.8 Å². The first kappa shape index (κ1) is 18.5. The number of ether oxygens (including phenoxy) is 1. The lowest BCUT2D eigenvalue weighted by Gasteiger charge is -2.27. The second-order valence-electron chi connectivity index (χ2n) is 8.32. The van der Waals surface area contributed by atoms with Crippen molar-refractivity contribution in [1.82, 2.24) is 9.55 Å². The molecule has 0 spiro atoms. The molecule has 5 rings (SSSR count). The molecule has 156 valence electrons. The van der Waals surface area contributed by atoms with Crippen LogP contribution in [0.5, 0.6) is 5.75 Å². The van der Waals surface area contributed by atoms with Gasteiger partial charge in [0.25, 0.3) is 11.5 Å². The van der Waals surface area contributed by atoms with E-state index in [1.165, 1.54) is 11.7 Å². The molecule has 3 N–H and O–H groups in total. The number of rotatable bonds is 3. The monoisotopic (exact) mass is 410 g/mol. The summed E-state index contributed by atoms with van der Waals surface area (Å²) in [6.45, 7) is 0.376. The molecule has 7 nitrogen and oxygen atoms in total. The highest BCUT2D eigenvalue weighted by Crippen LogP contribution is 2.49. The fourth-order valence-corrected chi connectivity index (χ4v) is 5.01. The van der Waals surface area contributed by atoms with Gasteiger partial charge in [-0.1, -0.05) is 0 Å². The third kappa shape index (κ3) is 2.61. The van der Waals surface area contributed by atoms with Gasteiger partial charge in [-0.25, -0.2) is 18.0 Å². The van der Waals surface area contributed by atoms with Gasteiger partial charge in [0.2, 0.25) is 0 Å². The lowest BCUT2D eigenvalue weighted by atomic mass is 9.98. The second-order valence-corrected chi connectivity index (χ2v) is 8.32. The largest absolute Gasteiger partial charge is 0.492 e. The first-order valence-corrected chi connectivity index (χ1v) is 9.66. The minimum atomic E-state index is -2.92. The number of H-pyrrole nitrogens is 1. The zero-order valence-corrected chi connectivity index (χ0v) is 15.8. The molecule has 3 aliphatic rings. The van der Waals surface area contributed by atoms with Crippen molar-refractivity contribution in [3.8, 4) is 5.75 Å². The predicted octanol–water partition coefficient (Wildman–Crippen LogP) is 1.59. The van der Waals surface area contributed by atoms with E-state index < -0.39 is 34.9 Å². The van der Waals surface area contributed by atoms with Crippen LogP contribution in [0, 0.1) is 17.7 Å². The minimum Gasteiger partial charge on any atom is -0.492 e. The molecule has 2 heterocycles. The number of nitrogens with zero attached hydrogens (tertiary/aromatic N) is 2. The van der Waals surface area contributed by atoms with Crippen LogP contribution in [0.2, 0.25) is 0 Å². The quantitative estimate of drug-likeness (QED) is 0.802. The average Bonchev–Trinajstić information content (AvgIpc) is 3.36. The second kappa shape index (κ2) is 6.01. The molecule has 1 aromatic carbocycles. The number of hydrogen-bond donors (Lipinski definition) is 2. The molecule has 10 heteroatoms. The molecule has 2 aliphatic carbocycles. The third-order valence-electron chi connectivity index (χ3n) is 6.51. The Morgan fingerprint density at radius 1 is 1.28 bits per heavy atom. The van der Waals surface area contributed by atoms with Crippen molar-refractivity contribution in [3.63, 3.8) is 0 Å². The number of benzene rings is 1. The van der Waals surface area contributed by atoms with Crippen LogP contribution in [0.4, 0.5) is 18.9 Å². The van der Waals surface area contributed by atoms with E-state index >= 15 is 4.39 Å². The van der Waals surface area contributed by atoms with Crippen LogP contribution in [0.25, 0.3) is 10.9 Å². The lowest BCUT2D eigenvalue weighted by Crippen LogP contribution is -2.42. The van der Waals surface area contributed by atoms with Gasteiger partial charge in [0.1, 0.15) is 11.2 Å². The summed E-state index contributed by atoms with van der Waals surface area (Å²) in [6, 6.07) is -0.272. The maximum Gasteiger partial charge on any atom is 0.329 e. The van der Waals surface area contributed by atoms with Gasteiger partial charge >= 0.3 is 5.69 Å². The number of anilines is 1. The molecule has 2 aromatic rings. The Morgan fingerprint density at radius 2 is 2.00 bits per heavy atom. The molecular formula is C19H21F3N4O3. The van der Waals surface area contributed by atoms with Gasteiger partial charge in [0.15, 0.2) is 11.6 Å². The van der Waals surface area contributed by atoms with Crippen molar-refractivity contribution in [3.05, 3.63) is 32.7 Å². The fourth-order valence-electron chi connectivity index (χ4n) is 5.01. The zero-order chi connectivity index (χ0) is 20.7. The summed E-state index contributed by atoms with van der Waals surface area (Å²) in [5.41, 5.74) is 4.83. The van der Waals surface area contributed by atoms with Crippen molar-refractivity contribution in [2.45, 2.75) is 37.3 Å². The fraction of sp³-hybridized carbons (Fsp3) is 0.579. The maximum atomic E-state index is 15.1. The van der Waals surface area contributed by atoms with Gasteiger partial charge in [0, 0.05) is 31.5 Å².